The maximum Gasteiger partial charge on any atom is 0.270 e. The van der Waals surface area contributed by atoms with Crippen molar-refractivity contribution in [2.45, 2.75) is 19.9 Å². The van der Waals surface area contributed by atoms with Gasteiger partial charge in [0.1, 0.15) is 11.3 Å². The van der Waals surface area contributed by atoms with Gasteiger partial charge in [0, 0.05) is 50.3 Å². The summed E-state index contributed by atoms with van der Waals surface area (Å²) in [5.41, 5.74) is 5.41. The SMILES string of the molecule is CCc1nc2cc(NC)ccn2c1C(=O)NCc1ccc(N2CCOCC2)cc1. The van der Waals surface area contributed by atoms with Crippen molar-refractivity contribution in [2.24, 2.45) is 0 Å². The van der Waals surface area contributed by atoms with Gasteiger partial charge < -0.3 is 20.3 Å². The van der Waals surface area contributed by atoms with Crippen LogP contribution in [0.3, 0.4) is 0 Å². The van der Waals surface area contributed by atoms with Crippen LogP contribution >= 0.6 is 0 Å². The molecule has 3 aromatic rings. The van der Waals surface area contributed by atoms with Crippen molar-refractivity contribution in [3.8, 4) is 0 Å². The molecule has 1 aliphatic heterocycles. The molecular formula is C22H27N5O2. The van der Waals surface area contributed by atoms with Crippen molar-refractivity contribution in [3.05, 3.63) is 59.5 Å². The number of nitrogens with zero attached hydrogens (tertiary/aromatic N) is 3. The van der Waals surface area contributed by atoms with E-state index < -0.39 is 0 Å². The molecule has 0 atom stereocenters. The topological polar surface area (TPSA) is 70.9 Å². The average molecular weight is 393 g/mol. The maximum atomic E-state index is 12.9. The quantitative estimate of drug-likeness (QED) is 0.674. The van der Waals surface area contributed by atoms with E-state index in [1.807, 2.05) is 36.7 Å². The summed E-state index contributed by atoms with van der Waals surface area (Å²) < 4.78 is 7.27. The van der Waals surface area contributed by atoms with E-state index in [1.54, 1.807) is 0 Å². The number of hydrogen-bond donors (Lipinski definition) is 2. The van der Waals surface area contributed by atoms with E-state index in [1.165, 1.54) is 5.69 Å². The fourth-order valence-corrected chi connectivity index (χ4v) is 3.65. The molecule has 1 fully saturated rings. The number of benzene rings is 1. The van der Waals surface area contributed by atoms with Crippen molar-refractivity contribution < 1.29 is 9.53 Å². The first-order chi connectivity index (χ1) is 14.2. The Morgan fingerprint density at radius 3 is 2.62 bits per heavy atom. The van der Waals surface area contributed by atoms with Gasteiger partial charge in [0.15, 0.2) is 0 Å². The molecule has 2 aromatic heterocycles. The Hall–Kier alpha value is -3.06. The molecule has 0 bridgehead atoms. The van der Waals surface area contributed by atoms with Gasteiger partial charge in [0.05, 0.1) is 18.9 Å². The zero-order valence-electron chi connectivity index (χ0n) is 16.9. The van der Waals surface area contributed by atoms with Crippen LogP contribution in [0.1, 0.15) is 28.7 Å². The van der Waals surface area contributed by atoms with E-state index in [0.29, 0.717) is 18.7 Å². The van der Waals surface area contributed by atoms with Gasteiger partial charge in [-0.3, -0.25) is 9.20 Å². The van der Waals surface area contributed by atoms with Gasteiger partial charge in [-0.15, -0.1) is 0 Å². The lowest BCUT2D eigenvalue weighted by Gasteiger charge is -2.28. The molecule has 7 nitrogen and oxygen atoms in total. The van der Waals surface area contributed by atoms with Gasteiger partial charge in [-0.25, -0.2) is 4.98 Å². The molecule has 2 N–H and O–H groups in total. The van der Waals surface area contributed by atoms with Crippen LogP contribution < -0.4 is 15.5 Å². The fourth-order valence-electron chi connectivity index (χ4n) is 3.65. The molecule has 29 heavy (non-hydrogen) atoms. The number of aromatic nitrogens is 2. The number of fused-ring (bicyclic) bond motifs is 1. The lowest BCUT2D eigenvalue weighted by Crippen LogP contribution is -2.36. The lowest BCUT2D eigenvalue weighted by molar-refractivity contribution is 0.0944. The number of aryl methyl sites for hydroxylation is 1. The van der Waals surface area contributed by atoms with Crippen LogP contribution in [0, 0.1) is 0 Å². The normalized spacial score (nSPS) is 14.2. The van der Waals surface area contributed by atoms with E-state index in [0.717, 1.165) is 48.9 Å². The Bertz CT molecular complexity index is 990. The molecule has 0 aliphatic carbocycles. The van der Waals surface area contributed by atoms with Crippen LogP contribution in [0.2, 0.25) is 0 Å². The van der Waals surface area contributed by atoms with Gasteiger partial charge in [-0.05, 0) is 30.2 Å². The molecule has 4 rings (SSSR count). The number of anilines is 2. The number of pyridine rings is 1. The summed E-state index contributed by atoms with van der Waals surface area (Å²) in [7, 11) is 1.87. The average Bonchev–Trinajstić information content (AvgIpc) is 3.16. The van der Waals surface area contributed by atoms with Crippen molar-refractivity contribution in [2.75, 3.05) is 43.6 Å². The number of carbonyl (C=O) groups is 1. The molecule has 3 heterocycles. The Kier molecular flexibility index (Phi) is 5.67. The number of imidazole rings is 1. The third kappa shape index (κ3) is 4.05. The summed E-state index contributed by atoms with van der Waals surface area (Å²) in [6.45, 7) is 5.87. The Labute approximate surface area is 170 Å². The molecule has 0 unspecified atom stereocenters. The number of amides is 1. The minimum absolute atomic E-state index is 0.108. The number of carbonyl (C=O) groups excluding carboxylic acids is 1. The van der Waals surface area contributed by atoms with Crippen LogP contribution in [0.4, 0.5) is 11.4 Å². The van der Waals surface area contributed by atoms with Gasteiger partial charge >= 0.3 is 0 Å². The second kappa shape index (κ2) is 8.53. The molecule has 0 spiro atoms. The maximum absolute atomic E-state index is 12.9. The van der Waals surface area contributed by atoms with Crippen LogP contribution in [0.25, 0.3) is 5.65 Å². The van der Waals surface area contributed by atoms with E-state index in [2.05, 4.69) is 44.8 Å². The fraction of sp³-hybridized carbons (Fsp3) is 0.364. The van der Waals surface area contributed by atoms with Gasteiger partial charge in [0.25, 0.3) is 5.91 Å². The molecule has 0 saturated carbocycles. The molecule has 1 amide bonds. The van der Waals surface area contributed by atoms with E-state index in [-0.39, 0.29) is 5.91 Å². The highest BCUT2D eigenvalue weighted by molar-refractivity contribution is 5.94. The first-order valence-corrected chi connectivity index (χ1v) is 10.1. The summed E-state index contributed by atoms with van der Waals surface area (Å²) in [6.07, 6.45) is 2.59. The summed E-state index contributed by atoms with van der Waals surface area (Å²) >= 11 is 0. The van der Waals surface area contributed by atoms with E-state index in [4.69, 9.17) is 4.74 Å². The number of ether oxygens (including phenoxy) is 1. The van der Waals surface area contributed by atoms with E-state index in [9.17, 15) is 4.79 Å². The van der Waals surface area contributed by atoms with Crippen molar-refractivity contribution in [1.29, 1.82) is 0 Å². The molecule has 152 valence electrons. The van der Waals surface area contributed by atoms with Gasteiger partial charge in [-0.2, -0.15) is 0 Å². The monoisotopic (exact) mass is 393 g/mol. The smallest absolute Gasteiger partial charge is 0.270 e. The molecule has 1 aromatic carbocycles. The number of hydrogen-bond acceptors (Lipinski definition) is 5. The second-order valence-corrected chi connectivity index (χ2v) is 7.10. The lowest BCUT2D eigenvalue weighted by atomic mass is 10.1. The minimum Gasteiger partial charge on any atom is -0.388 e. The van der Waals surface area contributed by atoms with Gasteiger partial charge in [0.2, 0.25) is 0 Å². The highest BCUT2D eigenvalue weighted by Gasteiger charge is 2.18. The Morgan fingerprint density at radius 2 is 1.93 bits per heavy atom. The van der Waals surface area contributed by atoms with Crippen molar-refractivity contribution >= 4 is 22.9 Å². The predicted molar refractivity (Wildman–Crippen MR) is 115 cm³/mol. The molecular weight excluding hydrogens is 366 g/mol. The second-order valence-electron chi connectivity index (χ2n) is 7.10. The molecule has 1 saturated heterocycles. The minimum atomic E-state index is -0.108. The zero-order chi connectivity index (χ0) is 20.2. The first kappa shape index (κ1) is 19.3. The van der Waals surface area contributed by atoms with E-state index >= 15 is 0 Å². The van der Waals surface area contributed by atoms with Gasteiger partial charge in [-0.1, -0.05) is 19.1 Å². The first-order valence-electron chi connectivity index (χ1n) is 10.1. The summed E-state index contributed by atoms with van der Waals surface area (Å²) in [5.74, 6) is -0.108. The third-order valence-electron chi connectivity index (χ3n) is 5.30. The third-order valence-corrected chi connectivity index (χ3v) is 5.30. The number of nitrogens with one attached hydrogen (secondary N) is 2. The van der Waals surface area contributed by atoms with Crippen LogP contribution in [-0.2, 0) is 17.7 Å². The van der Waals surface area contributed by atoms with Crippen LogP contribution in [0.5, 0.6) is 0 Å². The van der Waals surface area contributed by atoms with Crippen LogP contribution in [-0.4, -0.2) is 48.6 Å². The zero-order valence-corrected chi connectivity index (χ0v) is 16.9. The summed E-state index contributed by atoms with van der Waals surface area (Å²) in [4.78, 5) is 19.9. The van der Waals surface area contributed by atoms with Crippen molar-refractivity contribution in [1.82, 2.24) is 14.7 Å². The number of morpholine rings is 1. The summed E-state index contributed by atoms with van der Waals surface area (Å²) in [6, 6.07) is 12.2. The molecule has 1 aliphatic rings. The highest BCUT2D eigenvalue weighted by atomic mass is 16.5. The highest BCUT2D eigenvalue weighted by Crippen LogP contribution is 2.19. The number of rotatable bonds is 6. The largest absolute Gasteiger partial charge is 0.388 e. The molecule has 0 radical (unpaired) electrons. The van der Waals surface area contributed by atoms with Crippen molar-refractivity contribution in [3.63, 3.8) is 0 Å². The standard InChI is InChI=1S/C22H27N5O2/c1-3-19-21(27-9-8-17(23-2)14-20(27)25-19)22(28)24-15-16-4-6-18(7-5-16)26-10-12-29-13-11-26/h4-9,14,23H,3,10-13,15H2,1-2H3,(H,24,28). The Morgan fingerprint density at radius 1 is 1.17 bits per heavy atom. The predicted octanol–water partition coefficient (Wildman–Crippen LogP) is 2.71. The molecule has 7 heteroatoms. The summed E-state index contributed by atoms with van der Waals surface area (Å²) in [5, 5.41) is 6.15. The van der Waals surface area contributed by atoms with Crippen LogP contribution in [0.15, 0.2) is 42.6 Å². The Balaban J connectivity index is 1.47.